The van der Waals surface area contributed by atoms with E-state index in [9.17, 15) is 22.8 Å². The molecular formula is C12H9F3O4. The van der Waals surface area contributed by atoms with E-state index in [1.54, 1.807) is 0 Å². The molecular weight excluding hydrogens is 265 g/mol. The van der Waals surface area contributed by atoms with E-state index in [1.807, 2.05) is 0 Å². The van der Waals surface area contributed by atoms with Crippen LogP contribution in [0.3, 0.4) is 0 Å². The van der Waals surface area contributed by atoms with E-state index in [-0.39, 0.29) is 11.3 Å². The fraction of sp³-hybridized carbons (Fsp3) is 0.167. The van der Waals surface area contributed by atoms with Gasteiger partial charge in [-0.05, 0) is 12.1 Å². The van der Waals surface area contributed by atoms with E-state index in [4.69, 9.17) is 0 Å². The predicted octanol–water partition coefficient (Wildman–Crippen LogP) is 2.34. The molecule has 102 valence electrons. The molecule has 1 rings (SSSR count). The molecule has 0 aliphatic heterocycles. The molecule has 0 aliphatic rings. The SMILES string of the molecule is COC(=O)/C=C/c1ccccc1OC(=O)C(F)(F)F. The third-order valence-electron chi connectivity index (χ3n) is 1.95. The van der Waals surface area contributed by atoms with Gasteiger partial charge in [0.05, 0.1) is 7.11 Å². The van der Waals surface area contributed by atoms with Gasteiger partial charge < -0.3 is 9.47 Å². The maximum absolute atomic E-state index is 12.1. The zero-order chi connectivity index (χ0) is 14.5. The summed E-state index contributed by atoms with van der Waals surface area (Å²) >= 11 is 0. The molecule has 0 bridgehead atoms. The molecule has 0 atom stereocenters. The highest BCUT2D eigenvalue weighted by atomic mass is 19.4. The molecule has 1 aromatic rings. The van der Waals surface area contributed by atoms with Crippen LogP contribution in [-0.4, -0.2) is 25.2 Å². The van der Waals surface area contributed by atoms with Crippen LogP contribution in [0.15, 0.2) is 30.3 Å². The molecule has 0 heterocycles. The lowest BCUT2D eigenvalue weighted by molar-refractivity contribution is -0.189. The van der Waals surface area contributed by atoms with Crippen LogP contribution in [0.2, 0.25) is 0 Å². The first-order chi connectivity index (χ1) is 8.84. The van der Waals surface area contributed by atoms with Gasteiger partial charge >= 0.3 is 18.1 Å². The van der Waals surface area contributed by atoms with Crippen molar-refractivity contribution in [3.8, 4) is 5.75 Å². The van der Waals surface area contributed by atoms with Crippen molar-refractivity contribution in [1.82, 2.24) is 0 Å². The first kappa shape index (κ1) is 14.7. The summed E-state index contributed by atoms with van der Waals surface area (Å²) in [5.74, 6) is -3.31. The minimum absolute atomic E-state index is 0.144. The Labute approximate surface area is 106 Å². The summed E-state index contributed by atoms with van der Waals surface area (Å²) in [6, 6.07) is 5.48. The van der Waals surface area contributed by atoms with Crippen molar-refractivity contribution < 1.29 is 32.2 Å². The molecule has 0 spiro atoms. The van der Waals surface area contributed by atoms with Gasteiger partial charge in [0.1, 0.15) is 5.75 Å². The molecule has 0 fully saturated rings. The molecule has 0 radical (unpaired) electrons. The monoisotopic (exact) mass is 274 g/mol. The van der Waals surface area contributed by atoms with Crippen molar-refractivity contribution in [1.29, 1.82) is 0 Å². The van der Waals surface area contributed by atoms with Crippen molar-refractivity contribution in [3.05, 3.63) is 35.9 Å². The van der Waals surface area contributed by atoms with Gasteiger partial charge in [0.15, 0.2) is 0 Å². The maximum atomic E-state index is 12.1. The average Bonchev–Trinajstić information content (AvgIpc) is 2.36. The predicted molar refractivity (Wildman–Crippen MR) is 59.2 cm³/mol. The number of hydrogen-bond acceptors (Lipinski definition) is 4. The van der Waals surface area contributed by atoms with Crippen LogP contribution in [0.5, 0.6) is 5.75 Å². The summed E-state index contributed by atoms with van der Waals surface area (Å²) in [6.07, 6.45) is -2.90. The molecule has 1 aromatic carbocycles. The Morgan fingerprint density at radius 3 is 2.42 bits per heavy atom. The number of ether oxygens (including phenoxy) is 2. The number of para-hydroxylation sites is 1. The number of alkyl halides is 3. The lowest BCUT2D eigenvalue weighted by Gasteiger charge is -2.08. The standard InChI is InChI=1S/C12H9F3O4/c1-18-10(16)7-6-8-4-2-3-5-9(8)19-11(17)12(13,14)15/h2-7H,1H3/b7-6+. The lowest BCUT2D eigenvalue weighted by Crippen LogP contribution is -2.28. The molecule has 0 aliphatic carbocycles. The third-order valence-corrected chi connectivity index (χ3v) is 1.95. The van der Waals surface area contributed by atoms with Crippen molar-refractivity contribution in [2.45, 2.75) is 6.18 Å². The highest BCUT2D eigenvalue weighted by Gasteiger charge is 2.41. The summed E-state index contributed by atoms with van der Waals surface area (Å²) in [6.45, 7) is 0. The van der Waals surface area contributed by atoms with Crippen molar-refractivity contribution in [2.24, 2.45) is 0 Å². The molecule has 19 heavy (non-hydrogen) atoms. The highest BCUT2D eigenvalue weighted by molar-refractivity contribution is 5.88. The maximum Gasteiger partial charge on any atom is 0.491 e. The number of rotatable bonds is 3. The Morgan fingerprint density at radius 1 is 1.21 bits per heavy atom. The van der Waals surface area contributed by atoms with Gasteiger partial charge in [0, 0.05) is 11.6 Å². The number of methoxy groups -OCH3 is 1. The smallest absolute Gasteiger partial charge is 0.466 e. The van der Waals surface area contributed by atoms with Gasteiger partial charge in [-0.3, -0.25) is 0 Å². The number of carbonyl (C=O) groups excluding carboxylic acids is 2. The van der Waals surface area contributed by atoms with E-state index in [0.717, 1.165) is 13.2 Å². The number of benzene rings is 1. The fourth-order valence-electron chi connectivity index (χ4n) is 1.09. The van der Waals surface area contributed by atoms with Crippen molar-refractivity contribution >= 4 is 18.0 Å². The van der Waals surface area contributed by atoms with E-state index < -0.39 is 18.1 Å². The Balaban J connectivity index is 2.94. The van der Waals surface area contributed by atoms with Crippen LogP contribution in [-0.2, 0) is 14.3 Å². The van der Waals surface area contributed by atoms with Crippen LogP contribution in [0.4, 0.5) is 13.2 Å². The topological polar surface area (TPSA) is 52.6 Å². The first-order valence-corrected chi connectivity index (χ1v) is 4.98. The summed E-state index contributed by atoms with van der Waals surface area (Å²) < 4.78 is 44.7. The van der Waals surface area contributed by atoms with E-state index in [1.165, 1.54) is 30.3 Å². The molecule has 0 saturated carbocycles. The van der Waals surface area contributed by atoms with Gasteiger partial charge in [-0.25, -0.2) is 9.59 Å². The zero-order valence-electron chi connectivity index (χ0n) is 9.73. The number of hydrogen-bond donors (Lipinski definition) is 0. The van der Waals surface area contributed by atoms with Crippen LogP contribution in [0.25, 0.3) is 6.08 Å². The lowest BCUT2D eigenvalue weighted by atomic mass is 10.2. The summed E-state index contributed by atoms with van der Waals surface area (Å²) in [5, 5.41) is 0. The van der Waals surface area contributed by atoms with Gasteiger partial charge in [-0.2, -0.15) is 13.2 Å². The number of esters is 2. The van der Waals surface area contributed by atoms with Crippen LogP contribution in [0, 0.1) is 0 Å². The van der Waals surface area contributed by atoms with Crippen molar-refractivity contribution in [2.75, 3.05) is 7.11 Å². The fourth-order valence-corrected chi connectivity index (χ4v) is 1.09. The van der Waals surface area contributed by atoms with Crippen LogP contribution in [0.1, 0.15) is 5.56 Å². The van der Waals surface area contributed by atoms with Gasteiger partial charge in [-0.15, -0.1) is 0 Å². The van der Waals surface area contributed by atoms with Gasteiger partial charge in [0.25, 0.3) is 0 Å². The summed E-state index contributed by atoms with van der Waals surface area (Å²) in [5.41, 5.74) is 0.144. The van der Waals surface area contributed by atoms with E-state index >= 15 is 0 Å². The second-order valence-electron chi connectivity index (χ2n) is 3.28. The summed E-state index contributed by atoms with van der Waals surface area (Å²) in [4.78, 5) is 21.6. The third kappa shape index (κ3) is 4.46. The molecule has 0 amide bonds. The van der Waals surface area contributed by atoms with Gasteiger partial charge in [-0.1, -0.05) is 18.2 Å². The minimum Gasteiger partial charge on any atom is -0.466 e. The normalized spacial score (nSPS) is 11.4. The molecule has 7 heteroatoms. The highest BCUT2D eigenvalue weighted by Crippen LogP contribution is 2.24. The molecule has 0 aromatic heterocycles. The Morgan fingerprint density at radius 2 is 1.84 bits per heavy atom. The summed E-state index contributed by atoms with van der Waals surface area (Å²) in [7, 11) is 1.16. The Bertz CT molecular complexity index is 506. The second kappa shape index (κ2) is 6.03. The quantitative estimate of drug-likeness (QED) is 0.482. The van der Waals surface area contributed by atoms with Crippen LogP contribution < -0.4 is 4.74 Å². The first-order valence-electron chi connectivity index (χ1n) is 4.98. The second-order valence-corrected chi connectivity index (χ2v) is 3.28. The van der Waals surface area contributed by atoms with Gasteiger partial charge in [0.2, 0.25) is 0 Å². The zero-order valence-corrected chi connectivity index (χ0v) is 9.73. The van der Waals surface area contributed by atoms with E-state index in [0.29, 0.717) is 0 Å². The molecule has 0 N–H and O–H groups in total. The number of halogens is 3. The Kier molecular flexibility index (Phi) is 4.68. The number of carbonyl (C=O) groups is 2. The molecule has 4 nitrogen and oxygen atoms in total. The minimum atomic E-state index is -5.08. The molecule has 0 unspecified atom stereocenters. The van der Waals surface area contributed by atoms with E-state index in [2.05, 4.69) is 9.47 Å². The molecule has 0 saturated heterocycles. The Hall–Kier alpha value is -2.31. The largest absolute Gasteiger partial charge is 0.491 e. The van der Waals surface area contributed by atoms with Crippen LogP contribution >= 0.6 is 0 Å². The van der Waals surface area contributed by atoms with Crippen molar-refractivity contribution in [3.63, 3.8) is 0 Å². The average molecular weight is 274 g/mol.